The van der Waals surface area contributed by atoms with E-state index in [9.17, 15) is 9.65 Å². The summed E-state index contributed by atoms with van der Waals surface area (Å²) >= 11 is 0. The molecule has 0 aliphatic heterocycles. The van der Waals surface area contributed by atoms with Crippen molar-refractivity contribution < 1.29 is 9.50 Å². The second kappa shape index (κ2) is 6.11. The zero-order valence-corrected chi connectivity index (χ0v) is 14.5. The summed E-state index contributed by atoms with van der Waals surface area (Å²) in [5, 5.41) is 27.9. The van der Waals surface area contributed by atoms with Crippen molar-refractivity contribution in [3.8, 4) is 11.8 Å². The summed E-state index contributed by atoms with van der Waals surface area (Å²) in [5.74, 6) is -0.387. The van der Waals surface area contributed by atoms with Gasteiger partial charge >= 0.3 is 0 Å². The summed E-state index contributed by atoms with van der Waals surface area (Å²) < 4.78 is 17.4. The Balaban J connectivity index is 1.99. The Kier molecular flexibility index (Phi) is 3.57. The number of fused-ring (bicyclic) bond motifs is 5. The Labute approximate surface area is 157 Å². The maximum absolute atomic E-state index is 14.1. The van der Waals surface area contributed by atoms with Gasteiger partial charge < -0.3 is 5.11 Å². The predicted molar refractivity (Wildman–Crippen MR) is 101 cm³/mol. The van der Waals surface area contributed by atoms with Crippen molar-refractivity contribution in [3.05, 3.63) is 65.7 Å². The lowest BCUT2D eigenvalue weighted by atomic mass is 10.1. The molecule has 0 aliphatic carbocycles. The molecule has 7 nitrogen and oxygen atoms in total. The molecule has 5 rings (SSSR count). The number of aliphatic hydroxyl groups excluding tert-OH is 1. The number of imidazole rings is 1. The highest BCUT2D eigenvalue weighted by molar-refractivity contribution is 5.98. The Hall–Kier alpha value is -3.83. The maximum Gasteiger partial charge on any atom is 0.158 e. The number of halogens is 1. The number of nitrogens with zero attached hydrogens (tertiary/aromatic N) is 6. The Bertz CT molecular complexity index is 1410. The zero-order valence-electron chi connectivity index (χ0n) is 14.5. The molecule has 8 heteroatoms. The highest BCUT2D eigenvalue weighted by atomic mass is 19.1. The molecule has 0 saturated carbocycles. The van der Waals surface area contributed by atoms with Gasteiger partial charge in [-0.2, -0.15) is 5.26 Å². The zero-order chi connectivity index (χ0) is 19.3. The second-order valence-corrected chi connectivity index (χ2v) is 6.38. The normalized spacial score (nSPS) is 11.5. The first-order chi connectivity index (χ1) is 13.7. The lowest BCUT2D eigenvalue weighted by Crippen LogP contribution is -2.04. The van der Waals surface area contributed by atoms with Crippen molar-refractivity contribution >= 4 is 27.6 Å². The summed E-state index contributed by atoms with van der Waals surface area (Å²) in [6.45, 7) is -0.0551. The van der Waals surface area contributed by atoms with Gasteiger partial charge in [-0.1, -0.05) is 17.3 Å². The van der Waals surface area contributed by atoms with Crippen LogP contribution in [-0.4, -0.2) is 36.1 Å². The molecule has 0 radical (unpaired) electrons. The van der Waals surface area contributed by atoms with Crippen molar-refractivity contribution in [3.63, 3.8) is 0 Å². The highest BCUT2D eigenvalue weighted by Gasteiger charge is 2.21. The smallest absolute Gasteiger partial charge is 0.158 e. The van der Waals surface area contributed by atoms with Crippen LogP contribution in [0.5, 0.6) is 0 Å². The third kappa shape index (κ3) is 2.27. The van der Waals surface area contributed by atoms with Crippen LogP contribution in [0.4, 0.5) is 4.39 Å². The molecular formula is C20H13FN6O. The van der Waals surface area contributed by atoms with Crippen LogP contribution >= 0.6 is 0 Å². The summed E-state index contributed by atoms with van der Waals surface area (Å²) in [6, 6.07) is 14.1. The number of nitriles is 1. The first kappa shape index (κ1) is 16.4. The van der Waals surface area contributed by atoms with E-state index in [2.05, 4.69) is 21.4 Å². The van der Waals surface area contributed by atoms with Gasteiger partial charge in [0.2, 0.25) is 0 Å². The van der Waals surface area contributed by atoms with Crippen molar-refractivity contribution in [2.45, 2.75) is 6.42 Å². The molecule has 136 valence electrons. The topological polar surface area (TPSA) is 92.0 Å². The molecule has 0 bridgehead atoms. The fraction of sp³-hybridized carbons (Fsp3) is 0.100. The molecule has 0 aliphatic rings. The van der Waals surface area contributed by atoms with Gasteiger partial charge in [-0.3, -0.25) is 4.40 Å². The molecule has 28 heavy (non-hydrogen) atoms. The van der Waals surface area contributed by atoms with E-state index in [0.717, 1.165) is 5.52 Å². The number of hydrogen-bond acceptors (Lipinski definition) is 5. The van der Waals surface area contributed by atoms with Crippen molar-refractivity contribution in [2.75, 3.05) is 6.61 Å². The number of rotatable bonds is 3. The van der Waals surface area contributed by atoms with Gasteiger partial charge in [-0.15, -0.1) is 5.10 Å². The number of benzene rings is 2. The standard InChI is InChI=1S/C20H13FN6O/c21-12-5-6-14-18(9-12)27-17-4-2-1-3-16(17)23-20(27)15(10-22)19(14)26-11-13(7-8-28)24-25-26/h1-6,9,11,28H,7-8H2. The fourth-order valence-corrected chi connectivity index (χ4v) is 3.55. The summed E-state index contributed by atoms with van der Waals surface area (Å²) in [5.41, 5.74) is 3.90. The third-order valence-electron chi connectivity index (χ3n) is 4.73. The molecule has 0 atom stereocenters. The second-order valence-electron chi connectivity index (χ2n) is 6.38. The van der Waals surface area contributed by atoms with Crippen molar-refractivity contribution in [1.29, 1.82) is 5.26 Å². The maximum atomic E-state index is 14.1. The molecule has 3 heterocycles. The van der Waals surface area contributed by atoms with Gasteiger partial charge in [0.05, 0.1) is 34.1 Å². The third-order valence-corrected chi connectivity index (χ3v) is 4.73. The minimum Gasteiger partial charge on any atom is -0.396 e. The number of hydrogen-bond donors (Lipinski definition) is 1. The number of para-hydroxylation sites is 2. The van der Waals surface area contributed by atoms with Gasteiger partial charge in [-0.05, 0) is 30.3 Å². The van der Waals surface area contributed by atoms with Crippen LogP contribution in [0.2, 0.25) is 0 Å². The monoisotopic (exact) mass is 372 g/mol. The van der Waals surface area contributed by atoms with E-state index in [-0.39, 0.29) is 12.4 Å². The molecular weight excluding hydrogens is 359 g/mol. The van der Waals surface area contributed by atoms with Crippen LogP contribution in [0.15, 0.2) is 48.7 Å². The van der Waals surface area contributed by atoms with Crippen molar-refractivity contribution in [2.24, 2.45) is 0 Å². The lowest BCUT2D eigenvalue weighted by Gasteiger charge is -2.12. The van der Waals surface area contributed by atoms with Crippen LogP contribution in [0, 0.1) is 17.1 Å². The van der Waals surface area contributed by atoms with E-state index >= 15 is 0 Å². The average Bonchev–Trinajstić information content (AvgIpc) is 3.31. The largest absolute Gasteiger partial charge is 0.396 e. The number of aliphatic hydroxyl groups is 1. The summed E-state index contributed by atoms with van der Waals surface area (Å²) in [6.07, 6.45) is 2.01. The molecule has 2 aromatic carbocycles. The van der Waals surface area contributed by atoms with E-state index in [4.69, 9.17) is 5.11 Å². The summed E-state index contributed by atoms with van der Waals surface area (Å²) in [4.78, 5) is 4.61. The van der Waals surface area contributed by atoms with E-state index < -0.39 is 0 Å². The first-order valence-corrected chi connectivity index (χ1v) is 8.66. The number of aromatic nitrogens is 5. The van der Waals surface area contributed by atoms with E-state index in [1.165, 1.54) is 16.8 Å². The molecule has 0 saturated heterocycles. The Morgan fingerprint density at radius 3 is 2.82 bits per heavy atom. The molecule has 0 unspecified atom stereocenters. The van der Waals surface area contributed by atoms with Crippen LogP contribution in [0.1, 0.15) is 11.3 Å². The van der Waals surface area contributed by atoms with Gasteiger partial charge in [0.1, 0.15) is 17.4 Å². The van der Waals surface area contributed by atoms with Crippen LogP contribution in [-0.2, 0) is 6.42 Å². The van der Waals surface area contributed by atoms with Crippen LogP contribution in [0.25, 0.3) is 33.3 Å². The van der Waals surface area contributed by atoms with Gasteiger partial charge in [0.25, 0.3) is 0 Å². The van der Waals surface area contributed by atoms with Gasteiger partial charge in [0.15, 0.2) is 5.65 Å². The molecule has 1 N–H and O–H groups in total. The minimum atomic E-state index is -0.387. The van der Waals surface area contributed by atoms with Crippen LogP contribution in [0.3, 0.4) is 0 Å². The van der Waals surface area contributed by atoms with E-state index in [0.29, 0.717) is 45.4 Å². The van der Waals surface area contributed by atoms with Crippen molar-refractivity contribution in [1.82, 2.24) is 24.4 Å². The van der Waals surface area contributed by atoms with Gasteiger partial charge in [0, 0.05) is 18.4 Å². The molecule has 0 fully saturated rings. The van der Waals surface area contributed by atoms with Gasteiger partial charge in [-0.25, -0.2) is 14.1 Å². The lowest BCUT2D eigenvalue weighted by molar-refractivity contribution is 0.298. The average molecular weight is 372 g/mol. The predicted octanol–water partition coefficient (Wildman–Crippen LogP) is 2.77. The first-order valence-electron chi connectivity index (χ1n) is 8.66. The Morgan fingerprint density at radius 1 is 1.14 bits per heavy atom. The molecule has 0 amide bonds. The molecule has 5 aromatic rings. The van der Waals surface area contributed by atoms with E-state index in [1.807, 2.05) is 24.3 Å². The van der Waals surface area contributed by atoms with Crippen LogP contribution < -0.4 is 0 Å². The van der Waals surface area contributed by atoms with E-state index in [1.54, 1.807) is 16.7 Å². The Morgan fingerprint density at radius 2 is 2.00 bits per heavy atom. The number of pyridine rings is 1. The summed E-state index contributed by atoms with van der Waals surface area (Å²) in [7, 11) is 0. The SMILES string of the molecule is N#Cc1c(-n2cc(CCO)nn2)c2ccc(F)cc2n2c1nc1ccccc12. The molecule has 3 aromatic heterocycles. The highest BCUT2D eigenvalue weighted by Crippen LogP contribution is 2.32. The molecule has 0 spiro atoms. The quantitative estimate of drug-likeness (QED) is 0.526. The fourth-order valence-electron chi connectivity index (χ4n) is 3.55. The minimum absolute atomic E-state index is 0.0551.